The summed E-state index contributed by atoms with van der Waals surface area (Å²) in [7, 11) is 0. The van der Waals surface area contributed by atoms with Crippen LogP contribution in [0.1, 0.15) is 55.9 Å². The van der Waals surface area contributed by atoms with Crippen LogP contribution in [0.2, 0.25) is 0 Å². The molecule has 0 unspecified atom stereocenters. The fourth-order valence-electron chi connectivity index (χ4n) is 5.83. The Bertz CT molecular complexity index is 1460. The number of fused-ring (bicyclic) bond motifs is 6. The van der Waals surface area contributed by atoms with Gasteiger partial charge in [0.25, 0.3) is 0 Å². The zero-order chi connectivity index (χ0) is 22.6. The highest BCUT2D eigenvalue weighted by atomic mass is 15.0. The molecule has 0 radical (unpaired) electrons. The molecule has 2 aromatic heterocycles. The molecule has 0 aliphatic heterocycles. The molecule has 5 aromatic rings. The quantitative estimate of drug-likeness (QED) is 0.267. The Kier molecular flexibility index (Phi) is 4.85. The van der Waals surface area contributed by atoms with E-state index < -0.39 is 0 Å². The van der Waals surface area contributed by atoms with E-state index in [4.69, 9.17) is 4.98 Å². The molecule has 2 heterocycles. The largest absolute Gasteiger partial charge is 0.299 e. The third-order valence-electron chi connectivity index (χ3n) is 7.05. The van der Waals surface area contributed by atoms with E-state index in [0.717, 1.165) is 18.5 Å². The molecular weight excluding hydrogens is 388 g/mol. The van der Waals surface area contributed by atoms with Crippen LogP contribution in [0.25, 0.3) is 38.4 Å². The molecule has 0 bridgehead atoms. The van der Waals surface area contributed by atoms with Crippen molar-refractivity contribution in [3.05, 3.63) is 83.2 Å². The number of hydrogen-bond donors (Lipinski definition) is 0. The highest BCUT2D eigenvalue weighted by Gasteiger charge is 2.26. The fourth-order valence-corrected chi connectivity index (χ4v) is 5.83. The van der Waals surface area contributed by atoms with Crippen LogP contribution in [0.3, 0.4) is 0 Å². The summed E-state index contributed by atoms with van der Waals surface area (Å²) in [5.74, 6) is 0. The van der Waals surface area contributed by atoms with E-state index >= 15 is 0 Å². The minimum absolute atomic E-state index is 0.0673. The summed E-state index contributed by atoms with van der Waals surface area (Å²) < 4.78 is 2.27. The van der Waals surface area contributed by atoms with Crippen molar-refractivity contribution >= 4 is 27.3 Å². The summed E-state index contributed by atoms with van der Waals surface area (Å²) in [6.45, 7) is 13.7. The lowest BCUT2D eigenvalue weighted by molar-refractivity contribution is 0.477. The van der Waals surface area contributed by atoms with Crippen molar-refractivity contribution in [3.8, 4) is 11.1 Å². The summed E-state index contributed by atoms with van der Waals surface area (Å²) >= 11 is 0. The maximum atomic E-state index is 4.89. The van der Waals surface area contributed by atoms with Gasteiger partial charge in [0.15, 0.2) is 0 Å². The van der Waals surface area contributed by atoms with Crippen molar-refractivity contribution < 1.29 is 0 Å². The molecule has 0 saturated heterocycles. The number of para-hydroxylation sites is 1. The highest BCUT2D eigenvalue weighted by Crippen LogP contribution is 2.44. The van der Waals surface area contributed by atoms with E-state index in [-0.39, 0.29) is 5.41 Å². The monoisotopic (exact) mass is 420 g/mol. The van der Waals surface area contributed by atoms with Crippen molar-refractivity contribution in [3.63, 3.8) is 0 Å². The standard InChI is InChI=1S/C30H32N2/c1-7-14-30(5,6)24-13-12-23(26-20(3)17-19(2)18-21(26)4)27-22-10-8-9-11-25(22)32-16-15-31-29(32)28(24)27/h8-13,15-18H,7,14H2,1-6H3. The van der Waals surface area contributed by atoms with Gasteiger partial charge in [-0.3, -0.25) is 4.40 Å². The van der Waals surface area contributed by atoms with Gasteiger partial charge in [0.1, 0.15) is 5.65 Å². The Hall–Kier alpha value is -3.13. The molecule has 0 spiro atoms. The molecule has 0 aliphatic carbocycles. The summed E-state index contributed by atoms with van der Waals surface area (Å²) in [5, 5.41) is 3.91. The third kappa shape index (κ3) is 3.04. The molecule has 3 aromatic carbocycles. The molecule has 0 amide bonds. The lowest BCUT2D eigenvalue weighted by atomic mass is 9.76. The summed E-state index contributed by atoms with van der Waals surface area (Å²) in [4.78, 5) is 4.89. The Morgan fingerprint density at radius 3 is 2.34 bits per heavy atom. The molecule has 0 atom stereocenters. The van der Waals surface area contributed by atoms with Crippen LogP contribution >= 0.6 is 0 Å². The van der Waals surface area contributed by atoms with Gasteiger partial charge in [-0.2, -0.15) is 0 Å². The zero-order valence-electron chi connectivity index (χ0n) is 20.1. The third-order valence-corrected chi connectivity index (χ3v) is 7.05. The number of aryl methyl sites for hydroxylation is 3. The molecule has 162 valence electrons. The van der Waals surface area contributed by atoms with Crippen molar-refractivity contribution in [2.75, 3.05) is 0 Å². The van der Waals surface area contributed by atoms with Crippen LogP contribution in [0.4, 0.5) is 0 Å². The predicted octanol–water partition coefficient (Wildman–Crippen LogP) is 8.31. The van der Waals surface area contributed by atoms with Crippen molar-refractivity contribution in [2.24, 2.45) is 0 Å². The molecule has 2 heteroatoms. The van der Waals surface area contributed by atoms with Crippen LogP contribution in [0, 0.1) is 20.8 Å². The van der Waals surface area contributed by atoms with E-state index in [1.807, 2.05) is 6.20 Å². The van der Waals surface area contributed by atoms with Crippen LogP contribution in [0.15, 0.2) is 60.9 Å². The average molecular weight is 421 g/mol. The first kappa shape index (κ1) is 20.8. The first-order valence-corrected chi connectivity index (χ1v) is 11.7. The number of aromatic nitrogens is 2. The maximum Gasteiger partial charge on any atom is 0.145 e. The molecule has 2 nitrogen and oxygen atoms in total. The van der Waals surface area contributed by atoms with Gasteiger partial charge in [-0.25, -0.2) is 4.98 Å². The number of rotatable bonds is 4. The second kappa shape index (κ2) is 7.48. The number of imidazole rings is 1. The number of hydrogen-bond acceptors (Lipinski definition) is 1. The highest BCUT2D eigenvalue weighted by molar-refractivity contribution is 6.19. The number of pyridine rings is 1. The number of nitrogens with zero attached hydrogens (tertiary/aromatic N) is 2. The first-order chi connectivity index (χ1) is 15.3. The van der Waals surface area contributed by atoms with Gasteiger partial charge >= 0.3 is 0 Å². The average Bonchev–Trinajstić information content (AvgIpc) is 3.23. The maximum absolute atomic E-state index is 4.89. The summed E-state index contributed by atoms with van der Waals surface area (Å²) in [6.07, 6.45) is 6.34. The van der Waals surface area contributed by atoms with E-state index in [1.54, 1.807) is 0 Å². The molecule has 0 fully saturated rings. The SMILES string of the molecule is CCCC(C)(C)c1ccc(-c2c(C)cc(C)cc2C)c2c3ccccc3n3ccnc3c12. The fraction of sp³-hybridized carbons (Fsp3) is 0.300. The Morgan fingerprint density at radius 2 is 1.62 bits per heavy atom. The van der Waals surface area contributed by atoms with Gasteiger partial charge in [0.2, 0.25) is 0 Å². The van der Waals surface area contributed by atoms with Gasteiger partial charge < -0.3 is 0 Å². The molecule has 0 aliphatic rings. The van der Waals surface area contributed by atoms with E-state index in [2.05, 4.69) is 101 Å². The number of benzene rings is 3. The van der Waals surface area contributed by atoms with Gasteiger partial charge in [0, 0.05) is 28.6 Å². The molecule has 5 rings (SSSR count). The first-order valence-electron chi connectivity index (χ1n) is 11.7. The summed E-state index contributed by atoms with van der Waals surface area (Å²) in [5.41, 5.74) is 10.4. The smallest absolute Gasteiger partial charge is 0.145 e. The normalized spacial score (nSPS) is 12.3. The van der Waals surface area contributed by atoms with Crippen molar-refractivity contribution in [1.29, 1.82) is 0 Å². The van der Waals surface area contributed by atoms with Gasteiger partial charge in [-0.05, 0) is 66.5 Å². The van der Waals surface area contributed by atoms with E-state index in [0.29, 0.717) is 0 Å². The topological polar surface area (TPSA) is 17.3 Å². The van der Waals surface area contributed by atoms with Gasteiger partial charge in [-0.1, -0.05) is 75.2 Å². The molecule has 32 heavy (non-hydrogen) atoms. The Labute approximate surface area is 190 Å². The minimum Gasteiger partial charge on any atom is -0.299 e. The molecule has 0 saturated carbocycles. The summed E-state index contributed by atoms with van der Waals surface area (Å²) in [6, 6.07) is 18.1. The lowest BCUT2D eigenvalue weighted by Gasteiger charge is -2.28. The van der Waals surface area contributed by atoms with Crippen molar-refractivity contribution in [1.82, 2.24) is 9.38 Å². The van der Waals surface area contributed by atoms with Crippen LogP contribution in [-0.2, 0) is 5.41 Å². The van der Waals surface area contributed by atoms with Crippen LogP contribution in [-0.4, -0.2) is 9.38 Å². The molecule has 0 N–H and O–H groups in total. The van der Waals surface area contributed by atoms with E-state index in [1.165, 1.54) is 55.1 Å². The lowest BCUT2D eigenvalue weighted by Crippen LogP contribution is -2.17. The second-order valence-corrected chi connectivity index (χ2v) is 9.96. The van der Waals surface area contributed by atoms with Crippen LogP contribution in [0.5, 0.6) is 0 Å². The second-order valence-electron chi connectivity index (χ2n) is 9.96. The van der Waals surface area contributed by atoms with Crippen molar-refractivity contribution in [2.45, 2.75) is 59.8 Å². The van der Waals surface area contributed by atoms with Gasteiger partial charge in [-0.15, -0.1) is 0 Å². The molecular formula is C30H32N2. The van der Waals surface area contributed by atoms with E-state index in [9.17, 15) is 0 Å². The van der Waals surface area contributed by atoms with Gasteiger partial charge in [0.05, 0.1) is 5.52 Å². The Balaban J connectivity index is 2.05. The van der Waals surface area contributed by atoms with Crippen LogP contribution < -0.4 is 0 Å². The Morgan fingerprint density at radius 1 is 0.906 bits per heavy atom. The minimum atomic E-state index is 0.0673. The predicted molar refractivity (Wildman–Crippen MR) is 138 cm³/mol. The zero-order valence-corrected chi connectivity index (χ0v) is 20.1.